The summed E-state index contributed by atoms with van der Waals surface area (Å²) in [6, 6.07) is 12.6. The molecule has 1 aromatic heterocycles. The molecule has 0 amide bonds. The lowest BCUT2D eigenvalue weighted by molar-refractivity contribution is 0.407. The zero-order valence-corrected chi connectivity index (χ0v) is 14.9. The summed E-state index contributed by atoms with van der Waals surface area (Å²) in [5.74, 6) is 1.33. The Bertz CT molecular complexity index is 970. The molecule has 3 aromatic rings. The van der Waals surface area contributed by atoms with Crippen LogP contribution in [0.2, 0.25) is 5.02 Å². The van der Waals surface area contributed by atoms with E-state index in [1.807, 2.05) is 38.1 Å². The number of hydrazone groups is 1. The zero-order valence-electron chi connectivity index (χ0n) is 14.2. The maximum atomic E-state index is 10.1. The number of nitrogens with zero attached hydrogens (tertiary/aromatic N) is 2. The number of ether oxygens (including phenoxy) is 1. The second-order valence-electron chi connectivity index (χ2n) is 5.68. The zero-order chi connectivity index (χ0) is 18.0. The Balaban J connectivity index is 1.88. The molecule has 25 heavy (non-hydrogen) atoms. The van der Waals surface area contributed by atoms with E-state index < -0.39 is 0 Å². The molecule has 2 N–H and O–H groups in total. The number of pyridine rings is 1. The smallest absolute Gasteiger partial charge is 0.147 e. The van der Waals surface area contributed by atoms with Crippen LogP contribution in [0.5, 0.6) is 11.5 Å². The van der Waals surface area contributed by atoms with Gasteiger partial charge in [-0.2, -0.15) is 5.10 Å². The van der Waals surface area contributed by atoms with Crippen LogP contribution in [-0.4, -0.2) is 22.9 Å². The van der Waals surface area contributed by atoms with Gasteiger partial charge in [-0.25, -0.2) is 4.98 Å². The van der Waals surface area contributed by atoms with Gasteiger partial charge in [-0.1, -0.05) is 11.6 Å². The fourth-order valence-corrected chi connectivity index (χ4v) is 2.74. The highest BCUT2D eigenvalue weighted by molar-refractivity contribution is 6.31. The lowest BCUT2D eigenvalue weighted by atomic mass is 10.1. The van der Waals surface area contributed by atoms with Crippen LogP contribution in [0.1, 0.15) is 18.1 Å². The Hall–Kier alpha value is -2.79. The van der Waals surface area contributed by atoms with Gasteiger partial charge in [0.1, 0.15) is 17.3 Å². The molecule has 0 fully saturated rings. The Morgan fingerprint density at radius 2 is 2.00 bits per heavy atom. The third kappa shape index (κ3) is 3.67. The number of hydrogen-bond donors (Lipinski definition) is 2. The summed E-state index contributed by atoms with van der Waals surface area (Å²) in [6.07, 6.45) is 0. The molecule has 0 aliphatic carbocycles. The second-order valence-corrected chi connectivity index (χ2v) is 6.11. The number of phenols is 1. The van der Waals surface area contributed by atoms with Gasteiger partial charge < -0.3 is 9.84 Å². The molecule has 0 saturated carbocycles. The van der Waals surface area contributed by atoms with E-state index >= 15 is 0 Å². The number of aryl methyl sites for hydroxylation is 1. The largest absolute Gasteiger partial charge is 0.507 e. The van der Waals surface area contributed by atoms with Crippen molar-refractivity contribution in [1.29, 1.82) is 0 Å². The van der Waals surface area contributed by atoms with E-state index in [-0.39, 0.29) is 5.75 Å². The molecule has 6 heteroatoms. The standard InChI is InChI=1S/C19H18ClN3O2/c1-11-8-19(21-17-7-4-13(20)9-16(11)17)23-22-12(2)15-6-5-14(25-3)10-18(15)24/h4-10,24H,1-3H3,(H,21,23)/b22-12+. The van der Waals surface area contributed by atoms with Crippen LogP contribution in [0.4, 0.5) is 5.82 Å². The third-order valence-electron chi connectivity index (χ3n) is 3.91. The van der Waals surface area contributed by atoms with Crippen molar-refractivity contribution in [1.82, 2.24) is 4.98 Å². The molecule has 0 radical (unpaired) electrons. The van der Waals surface area contributed by atoms with E-state index in [1.54, 1.807) is 25.3 Å². The first-order chi connectivity index (χ1) is 12.0. The number of fused-ring (bicyclic) bond motifs is 1. The molecule has 0 atom stereocenters. The van der Waals surface area contributed by atoms with Gasteiger partial charge in [0.2, 0.25) is 0 Å². The normalized spacial score (nSPS) is 11.6. The Morgan fingerprint density at radius 3 is 2.72 bits per heavy atom. The molecule has 0 aliphatic heterocycles. The highest BCUT2D eigenvalue weighted by Crippen LogP contribution is 2.25. The van der Waals surface area contributed by atoms with Gasteiger partial charge in [0.05, 0.1) is 18.3 Å². The van der Waals surface area contributed by atoms with Crippen LogP contribution in [-0.2, 0) is 0 Å². The van der Waals surface area contributed by atoms with Crippen molar-refractivity contribution in [2.75, 3.05) is 12.5 Å². The number of nitrogens with one attached hydrogen (secondary N) is 1. The van der Waals surface area contributed by atoms with Crippen molar-refractivity contribution in [2.24, 2.45) is 5.10 Å². The first-order valence-corrected chi connectivity index (χ1v) is 8.10. The van der Waals surface area contributed by atoms with E-state index in [1.165, 1.54) is 0 Å². The van der Waals surface area contributed by atoms with Crippen molar-refractivity contribution in [3.8, 4) is 11.5 Å². The van der Waals surface area contributed by atoms with Crippen molar-refractivity contribution in [2.45, 2.75) is 13.8 Å². The van der Waals surface area contributed by atoms with Gasteiger partial charge >= 0.3 is 0 Å². The van der Waals surface area contributed by atoms with Crippen molar-refractivity contribution in [3.63, 3.8) is 0 Å². The third-order valence-corrected chi connectivity index (χ3v) is 4.15. The molecule has 0 saturated heterocycles. The maximum absolute atomic E-state index is 10.1. The summed E-state index contributed by atoms with van der Waals surface area (Å²) in [5.41, 5.74) is 6.10. The summed E-state index contributed by atoms with van der Waals surface area (Å²) in [5, 5.41) is 16.1. The molecule has 1 heterocycles. The number of hydrogen-bond acceptors (Lipinski definition) is 5. The molecule has 2 aromatic carbocycles. The fraction of sp³-hybridized carbons (Fsp3) is 0.158. The minimum Gasteiger partial charge on any atom is -0.507 e. The van der Waals surface area contributed by atoms with Gasteiger partial charge in [0.25, 0.3) is 0 Å². The Kier molecular flexibility index (Phi) is 4.76. The van der Waals surface area contributed by atoms with Crippen molar-refractivity contribution in [3.05, 3.63) is 58.6 Å². The van der Waals surface area contributed by atoms with Gasteiger partial charge in [-0.3, -0.25) is 5.43 Å². The van der Waals surface area contributed by atoms with Crippen LogP contribution in [0.25, 0.3) is 10.9 Å². The van der Waals surface area contributed by atoms with Gasteiger partial charge in [-0.15, -0.1) is 0 Å². The number of aromatic hydroxyl groups is 1. The lowest BCUT2D eigenvalue weighted by Gasteiger charge is -2.09. The quantitative estimate of drug-likeness (QED) is 0.523. The summed E-state index contributed by atoms with van der Waals surface area (Å²) >= 11 is 6.04. The van der Waals surface area contributed by atoms with Crippen LogP contribution < -0.4 is 10.2 Å². The maximum Gasteiger partial charge on any atom is 0.147 e. The van der Waals surface area contributed by atoms with Crippen molar-refractivity contribution >= 4 is 34.0 Å². The van der Waals surface area contributed by atoms with Gasteiger partial charge in [0, 0.05) is 22.0 Å². The van der Waals surface area contributed by atoms with E-state index in [2.05, 4.69) is 15.5 Å². The first kappa shape index (κ1) is 17.0. The predicted octanol–water partition coefficient (Wildman–Crippen LogP) is 4.75. The molecule has 128 valence electrons. The monoisotopic (exact) mass is 355 g/mol. The molecular formula is C19H18ClN3O2. The number of benzene rings is 2. The van der Waals surface area contributed by atoms with E-state index in [0.29, 0.717) is 27.9 Å². The summed E-state index contributed by atoms with van der Waals surface area (Å²) in [7, 11) is 1.55. The average Bonchev–Trinajstić information content (AvgIpc) is 2.60. The molecule has 0 aliphatic rings. The van der Waals surface area contributed by atoms with Crippen LogP contribution >= 0.6 is 11.6 Å². The number of rotatable bonds is 4. The molecule has 5 nitrogen and oxygen atoms in total. The van der Waals surface area contributed by atoms with E-state index in [4.69, 9.17) is 16.3 Å². The topological polar surface area (TPSA) is 66.7 Å². The summed E-state index contributed by atoms with van der Waals surface area (Å²) in [4.78, 5) is 4.53. The second kappa shape index (κ2) is 6.99. The highest BCUT2D eigenvalue weighted by Gasteiger charge is 2.07. The number of methoxy groups -OCH3 is 1. The van der Waals surface area contributed by atoms with Crippen LogP contribution in [0.15, 0.2) is 47.6 Å². The summed E-state index contributed by atoms with van der Waals surface area (Å²) < 4.78 is 5.09. The minimum atomic E-state index is 0.111. The van der Waals surface area contributed by atoms with Crippen molar-refractivity contribution < 1.29 is 9.84 Å². The highest BCUT2D eigenvalue weighted by atomic mass is 35.5. The number of phenolic OH excluding ortho intramolecular Hbond substituents is 1. The lowest BCUT2D eigenvalue weighted by Crippen LogP contribution is -2.02. The number of halogens is 1. The molecule has 0 spiro atoms. The van der Waals surface area contributed by atoms with Gasteiger partial charge in [0.15, 0.2) is 0 Å². The predicted molar refractivity (Wildman–Crippen MR) is 102 cm³/mol. The molecule has 0 unspecified atom stereocenters. The molecule has 3 rings (SSSR count). The number of aromatic nitrogens is 1. The molecule has 0 bridgehead atoms. The molecular weight excluding hydrogens is 338 g/mol. The minimum absolute atomic E-state index is 0.111. The van der Waals surface area contributed by atoms with E-state index in [0.717, 1.165) is 16.5 Å². The number of anilines is 1. The summed E-state index contributed by atoms with van der Waals surface area (Å²) in [6.45, 7) is 3.81. The first-order valence-electron chi connectivity index (χ1n) is 7.72. The Labute approximate surface area is 150 Å². The fourth-order valence-electron chi connectivity index (χ4n) is 2.57. The Morgan fingerprint density at radius 1 is 1.20 bits per heavy atom. The van der Waals surface area contributed by atoms with Crippen LogP contribution in [0, 0.1) is 6.92 Å². The van der Waals surface area contributed by atoms with E-state index in [9.17, 15) is 5.11 Å². The average molecular weight is 356 g/mol. The van der Waals surface area contributed by atoms with Gasteiger partial charge in [-0.05, 0) is 55.8 Å². The SMILES string of the molecule is COc1ccc(/C(C)=N/Nc2cc(C)c3cc(Cl)ccc3n2)c(O)c1. The van der Waals surface area contributed by atoms with Crippen LogP contribution in [0.3, 0.4) is 0 Å².